The summed E-state index contributed by atoms with van der Waals surface area (Å²) in [6.45, 7) is 5.87. The summed E-state index contributed by atoms with van der Waals surface area (Å²) in [6.07, 6.45) is 0. The fourth-order valence-corrected chi connectivity index (χ4v) is 2.53. The molecule has 21 heavy (non-hydrogen) atoms. The van der Waals surface area contributed by atoms with Crippen molar-refractivity contribution in [1.29, 1.82) is 0 Å². The number of amides is 1. The number of pyridine rings is 1. The third-order valence-electron chi connectivity index (χ3n) is 2.68. The number of nitrogens with zero attached hydrogens (tertiary/aromatic N) is 1. The van der Waals surface area contributed by atoms with Crippen molar-refractivity contribution in [3.8, 4) is 11.3 Å². The number of carbonyl (C=O) groups excluding carboxylic acids is 1. The molecule has 0 aliphatic rings. The Hall–Kier alpha value is -1.14. The largest absolute Gasteiger partial charge is 0.347 e. The van der Waals surface area contributed by atoms with E-state index < -0.39 is 0 Å². The van der Waals surface area contributed by atoms with Gasteiger partial charge in [0, 0.05) is 21.7 Å². The van der Waals surface area contributed by atoms with Crippen LogP contribution in [0.4, 0.5) is 0 Å². The van der Waals surface area contributed by atoms with Crippen molar-refractivity contribution in [2.45, 2.75) is 26.3 Å². The first kappa shape index (κ1) is 16.2. The molecule has 5 heteroatoms. The number of aromatic nitrogens is 1. The van der Waals surface area contributed by atoms with E-state index in [0.29, 0.717) is 10.6 Å². The van der Waals surface area contributed by atoms with Crippen LogP contribution in [0, 0.1) is 3.70 Å². The van der Waals surface area contributed by atoms with Gasteiger partial charge >= 0.3 is 0 Å². The van der Waals surface area contributed by atoms with E-state index in [9.17, 15) is 4.79 Å². The van der Waals surface area contributed by atoms with Crippen LogP contribution in [0.25, 0.3) is 11.3 Å². The molecule has 0 fully saturated rings. The molecule has 0 aliphatic carbocycles. The number of halogens is 2. The molecule has 1 aromatic carbocycles. The van der Waals surface area contributed by atoms with Crippen molar-refractivity contribution in [2.24, 2.45) is 0 Å². The molecule has 3 nitrogen and oxygen atoms in total. The second-order valence-corrected chi connectivity index (χ2v) is 7.32. The number of rotatable bonds is 2. The van der Waals surface area contributed by atoms with E-state index in [1.807, 2.05) is 45.0 Å². The molecule has 110 valence electrons. The number of nitrogens with one attached hydrogen (secondary N) is 1. The number of carbonyl (C=O) groups is 1. The highest BCUT2D eigenvalue weighted by Gasteiger charge is 2.16. The first-order valence-electron chi connectivity index (χ1n) is 6.51. The summed E-state index contributed by atoms with van der Waals surface area (Å²) in [7, 11) is 0. The van der Waals surface area contributed by atoms with Crippen LogP contribution in [-0.4, -0.2) is 16.4 Å². The summed E-state index contributed by atoms with van der Waals surface area (Å²) in [4.78, 5) is 16.8. The Morgan fingerprint density at radius 3 is 2.38 bits per heavy atom. The van der Waals surface area contributed by atoms with Crippen molar-refractivity contribution < 1.29 is 4.79 Å². The number of hydrogen-bond acceptors (Lipinski definition) is 2. The summed E-state index contributed by atoms with van der Waals surface area (Å²) in [5.41, 5.74) is 2.03. The van der Waals surface area contributed by atoms with Gasteiger partial charge in [-0.25, -0.2) is 4.98 Å². The Balaban J connectivity index is 2.37. The molecule has 1 N–H and O–H groups in total. The van der Waals surface area contributed by atoms with Crippen LogP contribution in [0.1, 0.15) is 31.1 Å². The molecule has 0 bridgehead atoms. The third-order valence-corrected chi connectivity index (χ3v) is 3.49. The third kappa shape index (κ3) is 4.68. The predicted molar refractivity (Wildman–Crippen MR) is 94.6 cm³/mol. The van der Waals surface area contributed by atoms with Gasteiger partial charge in [0.05, 0.1) is 5.69 Å². The van der Waals surface area contributed by atoms with E-state index in [1.54, 1.807) is 12.1 Å². The van der Waals surface area contributed by atoms with Crippen molar-refractivity contribution in [3.05, 3.63) is 50.7 Å². The minimum absolute atomic E-state index is 0.0990. The van der Waals surface area contributed by atoms with Crippen LogP contribution in [0.15, 0.2) is 36.4 Å². The van der Waals surface area contributed by atoms with Gasteiger partial charge in [0.1, 0.15) is 3.70 Å². The SMILES string of the molecule is CC(C)(C)NC(=O)c1cc(I)nc(-c2ccc(Cl)cc2)c1. The molecule has 0 spiro atoms. The minimum atomic E-state index is -0.272. The molecule has 0 radical (unpaired) electrons. The molecule has 0 saturated heterocycles. The minimum Gasteiger partial charge on any atom is -0.347 e. The Kier molecular flexibility index (Phi) is 4.88. The summed E-state index contributed by atoms with van der Waals surface area (Å²) in [5.74, 6) is -0.0990. The average molecular weight is 415 g/mol. The van der Waals surface area contributed by atoms with Gasteiger partial charge < -0.3 is 5.32 Å². The average Bonchev–Trinajstić information content (AvgIpc) is 2.36. The normalized spacial score (nSPS) is 11.3. The van der Waals surface area contributed by atoms with Gasteiger partial charge in [-0.15, -0.1) is 0 Å². The molecular formula is C16H16ClIN2O. The monoisotopic (exact) mass is 414 g/mol. The van der Waals surface area contributed by atoms with Crippen LogP contribution in [-0.2, 0) is 0 Å². The molecule has 1 amide bonds. The highest BCUT2D eigenvalue weighted by molar-refractivity contribution is 14.1. The van der Waals surface area contributed by atoms with Gasteiger partial charge in [-0.2, -0.15) is 0 Å². The molecular weight excluding hydrogens is 399 g/mol. The molecule has 2 rings (SSSR count). The van der Waals surface area contributed by atoms with Crippen molar-refractivity contribution in [3.63, 3.8) is 0 Å². The van der Waals surface area contributed by atoms with Gasteiger partial charge in [-0.1, -0.05) is 23.7 Å². The zero-order valence-electron chi connectivity index (χ0n) is 12.1. The van der Waals surface area contributed by atoms with Crippen LogP contribution in [0.3, 0.4) is 0 Å². The maximum atomic E-state index is 12.3. The molecule has 0 saturated carbocycles. The zero-order valence-corrected chi connectivity index (χ0v) is 15.0. The second-order valence-electron chi connectivity index (χ2n) is 5.77. The van der Waals surface area contributed by atoms with Gasteiger partial charge in [0.2, 0.25) is 0 Å². The van der Waals surface area contributed by atoms with E-state index in [2.05, 4.69) is 32.9 Å². The van der Waals surface area contributed by atoms with E-state index in [-0.39, 0.29) is 11.4 Å². The topological polar surface area (TPSA) is 42.0 Å². The van der Waals surface area contributed by atoms with Gasteiger partial charge in [-0.3, -0.25) is 4.79 Å². The van der Waals surface area contributed by atoms with Crippen LogP contribution in [0.2, 0.25) is 5.02 Å². The molecule has 1 heterocycles. The molecule has 2 aromatic rings. The summed E-state index contributed by atoms with van der Waals surface area (Å²) in [5, 5.41) is 3.64. The Morgan fingerprint density at radius 2 is 1.81 bits per heavy atom. The Labute approximate surface area is 143 Å². The zero-order chi connectivity index (χ0) is 15.6. The number of hydrogen-bond donors (Lipinski definition) is 1. The predicted octanol–water partition coefficient (Wildman–Crippen LogP) is 4.53. The summed E-state index contributed by atoms with van der Waals surface area (Å²) >= 11 is 8.02. The van der Waals surface area contributed by atoms with E-state index in [4.69, 9.17) is 11.6 Å². The van der Waals surface area contributed by atoms with Gasteiger partial charge in [0.15, 0.2) is 0 Å². The second kappa shape index (κ2) is 6.32. The smallest absolute Gasteiger partial charge is 0.251 e. The fourth-order valence-electron chi connectivity index (χ4n) is 1.81. The lowest BCUT2D eigenvalue weighted by atomic mass is 10.1. The highest BCUT2D eigenvalue weighted by Crippen LogP contribution is 2.22. The first-order valence-corrected chi connectivity index (χ1v) is 7.96. The lowest BCUT2D eigenvalue weighted by Crippen LogP contribution is -2.40. The Bertz CT molecular complexity index is 663. The lowest BCUT2D eigenvalue weighted by Gasteiger charge is -2.20. The molecule has 0 unspecified atom stereocenters. The molecule has 0 atom stereocenters. The first-order chi connectivity index (χ1) is 9.74. The summed E-state index contributed by atoms with van der Waals surface area (Å²) in [6, 6.07) is 11.0. The van der Waals surface area contributed by atoms with Crippen LogP contribution >= 0.6 is 34.2 Å². The van der Waals surface area contributed by atoms with Crippen molar-refractivity contribution in [1.82, 2.24) is 10.3 Å². The standard InChI is InChI=1S/C16H16ClIN2O/c1-16(2,3)20-15(21)11-8-13(19-14(18)9-11)10-4-6-12(17)7-5-10/h4-9H,1-3H3,(H,20,21). The van der Waals surface area contributed by atoms with Crippen molar-refractivity contribution in [2.75, 3.05) is 0 Å². The Morgan fingerprint density at radius 1 is 1.19 bits per heavy atom. The lowest BCUT2D eigenvalue weighted by molar-refractivity contribution is 0.0919. The number of benzene rings is 1. The maximum Gasteiger partial charge on any atom is 0.251 e. The van der Waals surface area contributed by atoms with E-state index in [1.165, 1.54) is 0 Å². The summed E-state index contributed by atoms with van der Waals surface area (Å²) < 4.78 is 0.777. The van der Waals surface area contributed by atoms with E-state index >= 15 is 0 Å². The highest BCUT2D eigenvalue weighted by atomic mass is 127. The molecule has 1 aromatic heterocycles. The fraction of sp³-hybridized carbons (Fsp3) is 0.250. The van der Waals surface area contributed by atoms with Gasteiger partial charge in [-0.05, 0) is 67.6 Å². The van der Waals surface area contributed by atoms with Gasteiger partial charge in [0.25, 0.3) is 5.91 Å². The van der Waals surface area contributed by atoms with Crippen LogP contribution < -0.4 is 5.32 Å². The molecule has 0 aliphatic heterocycles. The maximum absolute atomic E-state index is 12.3. The van der Waals surface area contributed by atoms with E-state index in [0.717, 1.165) is 15.0 Å². The quantitative estimate of drug-likeness (QED) is 0.579. The van der Waals surface area contributed by atoms with Crippen molar-refractivity contribution >= 4 is 40.1 Å². The van der Waals surface area contributed by atoms with Crippen LogP contribution in [0.5, 0.6) is 0 Å².